The number of benzene rings is 2. The van der Waals surface area contributed by atoms with E-state index >= 15 is 0 Å². The minimum atomic E-state index is -0.702. The number of carbonyl (C=O) groups excluding carboxylic acids is 2. The second kappa shape index (κ2) is 7.69. The van der Waals surface area contributed by atoms with Crippen LogP contribution < -0.4 is 11.1 Å². The van der Waals surface area contributed by atoms with E-state index in [1.807, 2.05) is 0 Å². The molecular formula is C19H16N2O6. The SMILES string of the molecule is COC(=O)c1cccc(COC(=O)Cn2[nH]c(=O)c3ccccc3c2=O)c1. The first-order chi connectivity index (χ1) is 13.0. The largest absolute Gasteiger partial charge is 0.465 e. The molecule has 0 saturated carbocycles. The van der Waals surface area contributed by atoms with Crippen LogP contribution >= 0.6 is 0 Å². The minimum Gasteiger partial charge on any atom is -0.465 e. The molecule has 2 aromatic carbocycles. The lowest BCUT2D eigenvalue weighted by atomic mass is 10.1. The molecule has 138 valence electrons. The summed E-state index contributed by atoms with van der Waals surface area (Å²) in [5.74, 6) is -1.20. The van der Waals surface area contributed by atoms with Gasteiger partial charge in [0.2, 0.25) is 0 Å². The maximum atomic E-state index is 12.4. The Hall–Kier alpha value is -3.68. The van der Waals surface area contributed by atoms with Crippen molar-refractivity contribution in [3.63, 3.8) is 0 Å². The third-order valence-electron chi connectivity index (χ3n) is 3.92. The van der Waals surface area contributed by atoms with Crippen LogP contribution in [-0.4, -0.2) is 28.8 Å². The Labute approximate surface area is 152 Å². The molecule has 0 unspecified atom stereocenters. The van der Waals surface area contributed by atoms with Gasteiger partial charge in [0.05, 0.1) is 23.4 Å². The molecule has 0 atom stereocenters. The van der Waals surface area contributed by atoms with E-state index < -0.39 is 29.6 Å². The normalized spacial score (nSPS) is 10.6. The van der Waals surface area contributed by atoms with Crippen LogP contribution in [0.1, 0.15) is 15.9 Å². The molecule has 0 saturated heterocycles. The van der Waals surface area contributed by atoms with Crippen molar-refractivity contribution in [1.29, 1.82) is 0 Å². The summed E-state index contributed by atoms with van der Waals surface area (Å²) in [6.45, 7) is -0.522. The number of esters is 2. The molecule has 0 fully saturated rings. The Bertz CT molecular complexity index is 1130. The van der Waals surface area contributed by atoms with Crippen LogP contribution in [0.15, 0.2) is 58.1 Å². The molecule has 0 amide bonds. The number of nitrogens with zero attached hydrogens (tertiary/aromatic N) is 1. The first kappa shape index (κ1) is 18.1. The number of H-pyrrole nitrogens is 1. The van der Waals surface area contributed by atoms with Gasteiger partial charge >= 0.3 is 11.9 Å². The number of aromatic amines is 1. The molecule has 8 heteroatoms. The van der Waals surface area contributed by atoms with Crippen molar-refractivity contribution >= 4 is 22.7 Å². The number of aromatic nitrogens is 2. The van der Waals surface area contributed by atoms with Gasteiger partial charge in [-0.3, -0.25) is 19.5 Å². The molecule has 0 spiro atoms. The number of methoxy groups -OCH3 is 1. The van der Waals surface area contributed by atoms with Crippen molar-refractivity contribution in [2.45, 2.75) is 13.2 Å². The molecule has 8 nitrogen and oxygen atoms in total. The summed E-state index contributed by atoms with van der Waals surface area (Å²) in [7, 11) is 1.27. The number of fused-ring (bicyclic) bond motifs is 1. The van der Waals surface area contributed by atoms with Crippen molar-refractivity contribution in [2.24, 2.45) is 0 Å². The monoisotopic (exact) mass is 368 g/mol. The van der Waals surface area contributed by atoms with Crippen molar-refractivity contribution in [1.82, 2.24) is 9.78 Å². The molecule has 0 aliphatic carbocycles. The van der Waals surface area contributed by atoms with Gasteiger partial charge in [-0.2, -0.15) is 0 Å². The average Bonchev–Trinajstić information content (AvgIpc) is 2.70. The molecule has 1 aromatic heterocycles. The van der Waals surface area contributed by atoms with Gasteiger partial charge in [0, 0.05) is 0 Å². The Kier molecular flexibility index (Phi) is 5.16. The van der Waals surface area contributed by atoms with E-state index in [1.54, 1.807) is 36.4 Å². The van der Waals surface area contributed by atoms with E-state index in [2.05, 4.69) is 9.84 Å². The first-order valence-electron chi connectivity index (χ1n) is 8.04. The highest BCUT2D eigenvalue weighted by atomic mass is 16.5. The Morgan fingerprint density at radius 2 is 1.78 bits per heavy atom. The van der Waals surface area contributed by atoms with E-state index in [9.17, 15) is 19.2 Å². The summed E-state index contributed by atoms with van der Waals surface area (Å²) in [5.41, 5.74) is -0.0367. The number of nitrogens with one attached hydrogen (secondary N) is 1. The fraction of sp³-hybridized carbons (Fsp3) is 0.158. The van der Waals surface area contributed by atoms with E-state index in [1.165, 1.54) is 19.2 Å². The lowest BCUT2D eigenvalue weighted by molar-refractivity contribution is -0.146. The summed E-state index contributed by atoms with van der Waals surface area (Å²) in [6, 6.07) is 12.8. The molecule has 3 aromatic rings. The van der Waals surface area contributed by atoms with Gasteiger partial charge in [-0.15, -0.1) is 0 Å². The number of carbonyl (C=O) groups is 2. The van der Waals surface area contributed by atoms with Crippen LogP contribution in [0.25, 0.3) is 10.8 Å². The molecule has 0 bridgehead atoms. The number of hydrogen-bond acceptors (Lipinski definition) is 6. The second-order valence-electron chi connectivity index (χ2n) is 5.73. The van der Waals surface area contributed by atoms with Gasteiger partial charge in [-0.25, -0.2) is 9.48 Å². The summed E-state index contributed by atoms with van der Waals surface area (Å²) < 4.78 is 10.7. The Morgan fingerprint density at radius 3 is 2.52 bits per heavy atom. The number of ether oxygens (including phenoxy) is 2. The van der Waals surface area contributed by atoms with Gasteiger partial charge in [0.1, 0.15) is 13.2 Å². The first-order valence-corrected chi connectivity index (χ1v) is 8.04. The zero-order chi connectivity index (χ0) is 19.4. The zero-order valence-electron chi connectivity index (χ0n) is 14.4. The minimum absolute atomic E-state index is 0.0871. The zero-order valence-corrected chi connectivity index (χ0v) is 14.4. The van der Waals surface area contributed by atoms with E-state index in [4.69, 9.17) is 4.74 Å². The molecule has 0 radical (unpaired) electrons. The summed E-state index contributed by atoms with van der Waals surface area (Å²) in [5, 5.41) is 2.84. The quantitative estimate of drug-likeness (QED) is 0.679. The van der Waals surface area contributed by atoms with Crippen LogP contribution in [-0.2, 0) is 27.4 Å². The molecule has 0 aliphatic heterocycles. The van der Waals surface area contributed by atoms with Gasteiger partial charge in [0.15, 0.2) is 0 Å². The summed E-state index contributed by atoms with van der Waals surface area (Å²) in [6.07, 6.45) is 0. The van der Waals surface area contributed by atoms with E-state index in [0.717, 1.165) is 4.68 Å². The lowest BCUT2D eigenvalue weighted by Crippen LogP contribution is -2.32. The van der Waals surface area contributed by atoms with E-state index in [-0.39, 0.29) is 17.4 Å². The molecular weight excluding hydrogens is 352 g/mol. The Balaban J connectivity index is 1.73. The van der Waals surface area contributed by atoms with Crippen LogP contribution in [0, 0.1) is 0 Å². The predicted molar refractivity (Wildman–Crippen MR) is 96.4 cm³/mol. The van der Waals surface area contributed by atoms with Crippen molar-refractivity contribution in [3.05, 3.63) is 80.4 Å². The van der Waals surface area contributed by atoms with Crippen molar-refractivity contribution in [3.8, 4) is 0 Å². The third-order valence-corrected chi connectivity index (χ3v) is 3.92. The van der Waals surface area contributed by atoms with Gasteiger partial charge in [0.25, 0.3) is 11.1 Å². The topological polar surface area (TPSA) is 107 Å². The summed E-state index contributed by atoms with van der Waals surface area (Å²) in [4.78, 5) is 48.0. The molecule has 1 heterocycles. The van der Waals surface area contributed by atoms with Crippen LogP contribution in [0.3, 0.4) is 0 Å². The fourth-order valence-electron chi connectivity index (χ4n) is 2.60. The standard InChI is InChI=1S/C19H16N2O6/c1-26-19(25)13-6-4-5-12(9-13)11-27-16(22)10-21-18(24)15-8-3-2-7-14(15)17(23)20-21/h2-9H,10-11H2,1H3,(H,20,23). The Morgan fingerprint density at radius 1 is 1.04 bits per heavy atom. The maximum absolute atomic E-state index is 12.4. The predicted octanol–water partition coefficient (Wildman–Crippen LogP) is 1.22. The molecule has 27 heavy (non-hydrogen) atoms. The van der Waals surface area contributed by atoms with Crippen LogP contribution in [0.5, 0.6) is 0 Å². The second-order valence-corrected chi connectivity index (χ2v) is 5.73. The third kappa shape index (κ3) is 3.95. The summed E-state index contributed by atoms with van der Waals surface area (Å²) >= 11 is 0. The van der Waals surface area contributed by atoms with E-state index in [0.29, 0.717) is 11.1 Å². The van der Waals surface area contributed by atoms with Crippen LogP contribution in [0.4, 0.5) is 0 Å². The van der Waals surface area contributed by atoms with Crippen LogP contribution in [0.2, 0.25) is 0 Å². The molecule has 0 aliphatic rings. The maximum Gasteiger partial charge on any atom is 0.337 e. The lowest BCUT2D eigenvalue weighted by Gasteiger charge is -2.08. The number of rotatable bonds is 5. The van der Waals surface area contributed by atoms with Crippen molar-refractivity contribution < 1.29 is 19.1 Å². The van der Waals surface area contributed by atoms with Gasteiger partial charge in [-0.05, 0) is 29.8 Å². The molecule has 3 rings (SSSR count). The molecule has 1 N–H and O–H groups in total. The van der Waals surface area contributed by atoms with Crippen molar-refractivity contribution in [2.75, 3.05) is 7.11 Å². The highest BCUT2D eigenvalue weighted by Crippen LogP contribution is 2.08. The van der Waals surface area contributed by atoms with Gasteiger partial charge < -0.3 is 9.47 Å². The fourth-order valence-corrected chi connectivity index (χ4v) is 2.60. The smallest absolute Gasteiger partial charge is 0.337 e. The average molecular weight is 368 g/mol. The number of hydrogen-bond donors (Lipinski definition) is 1. The highest BCUT2D eigenvalue weighted by Gasteiger charge is 2.12. The van der Waals surface area contributed by atoms with Gasteiger partial charge in [-0.1, -0.05) is 24.3 Å². The highest BCUT2D eigenvalue weighted by molar-refractivity contribution is 5.89.